The Bertz CT molecular complexity index is 2060. The molecular formula is C33H32F3N9O3. The van der Waals surface area contributed by atoms with Crippen molar-refractivity contribution in [1.29, 1.82) is 0 Å². The smallest absolute Gasteiger partial charge is 0.284 e. The zero-order chi connectivity index (χ0) is 33.6. The molecule has 48 heavy (non-hydrogen) atoms. The molecule has 2 saturated heterocycles. The highest BCUT2D eigenvalue weighted by atomic mass is 19.3. The van der Waals surface area contributed by atoms with Gasteiger partial charge in [0, 0.05) is 29.8 Å². The summed E-state index contributed by atoms with van der Waals surface area (Å²) in [5, 5.41) is 10.4. The van der Waals surface area contributed by atoms with Crippen LogP contribution in [0.15, 0.2) is 67.2 Å². The Hall–Kier alpha value is -5.44. The van der Waals surface area contributed by atoms with Crippen molar-refractivity contribution in [3.63, 3.8) is 0 Å². The van der Waals surface area contributed by atoms with Crippen LogP contribution in [0.1, 0.15) is 18.4 Å². The van der Waals surface area contributed by atoms with Crippen LogP contribution in [0.3, 0.4) is 0 Å². The maximum absolute atomic E-state index is 15.1. The number of nitrogens with one attached hydrogen (secondary N) is 2. The molecule has 0 saturated carbocycles. The van der Waals surface area contributed by atoms with Gasteiger partial charge in [0.15, 0.2) is 11.5 Å². The van der Waals surface area contributed by atoms with Crippen LogP contribution in [0.2, 0.25) is 0 Å². The van der Waals surface area contributed by atoms with E-state index in [2.05, 4.69) is 30.7 Å². The molecule has 5 aromatic rings. The maximum Gasteiger partial charge on any atom is 0.284 e. The molecule has 0 aliphatic carbocycles. The van der Waals surface area contributed by atoms with E-state index in [4.69, 9.17) is 9.47 Å². The fourth-order valence-electron chi connectivity index (χ4n) is 5.97. The van der Waals surface area contributed by atoms with Crippen molar-refractivity contribution in [3.05, 3.63) is 72.7 Å². The predicted molar refractivity (Wildman–Crippen MR) is 174 cm³/mol. The Kier molecular flexibility index (Phi) is 7.99. The van der Waals surface area contributed by atoms with Gasteiger partial charge in [-0.25, -0.2) is 32.6 Å². The van der Waals surface area contributed by atoms with Gasteiger partial charge in [-0.1, -0.05) is 0 Å². The molecule has 2 aromatic carbocycles. The molecule has 7 rings (SSSR count). The lowest BCUT2D eigenvalue weighted by molar-refractivity contribution is -0.114. The molecule has 0 radical (unpaired) electrons. The summed E-state index contributed by atoms with van der Waals surface area (Å²) in [4.78, 5) is 29.4. The van der Waals surface area contributed by atoms with Gasteiger partial charge in [-0.05, 0) is 69.3 Å². The highest BCUT2D eigenvalue weighted by molar-refractivity contribution is 6.07. The fourth-order valence-corrected chi connectivity index (χ4v) is 5.97. The van der Waals surface area contributed by atoms with Crippen molar-refractivity contribution < 1.29 is 27.4 Å². The number of anilines is 4. The summed E-state index contributed by atoms with van der Waals surface area (Å²) in [6, 6.07) is 10.1. The minimum Gasteiger partial charge on any atom is -0.494 e. The van der Waals surface area contributed by atoms with Gasteiger partial charge < -0.3 is 25.0 Å². The standard InChI is InChI=1S/C33H32F3N9O3/c1-19-9-26(29(47-3)14-28(19)48-21-6-8-45-30(11-21)38-18-40-45)41-31-22-12-25(42-32(46)23(34)10-20-5-4-7-43(20)2)27(13-24(22)37-17-39-31)44-15-33(35,36)16-44/h6,8-14,17-18,20H,4-5,7,15-16H2,1-3H3,(H,42,46)(H,37,39,41)/b23-10-. The second-order valence-corrected chi connectivity index (χ2v) is 12.0. The molecule has 3 aromatic heterocycles. The summed E-state index contributed by atoms with van der Waals surface area (Å²) in [6.07, 6.45) is 7.48. The first-order valence-electron chi connectivity index (χ1n) is 15.3. The van der Waals surface area contributed by atoms with Crippen molar-refractivity contribution >= 4 is 45.3 Å². The molecule has 2 N–H and O–H groups in total. The minimum absolute atomic E-state index is 0.153. The van der Waals surface area contributed by atoms with Gasteiger partial charge in [0.1, 0.15) is 35.7 Å². The number of likely N-dealkylation sites (tertiary alicyclic amines) is 1. The first-order chi connectivity index (χ1) is 23.1. The number of rotatable bonds is 9. The van der Waals surface area contributed by atoms with E-state index in [9.17, 15) is 13.6 Å². The Balaban J connectivity index is 1.20. The number of carbonyl (C=O) groups excluding carboxylic acids is 1. The quantitative estimate of drug-likeness (QED) is 0.186. The summed E-state index contributed by atoms with van der Waals surface area (Å²) in [5.74, 6) is -2.87. The minimum atomic E-state index is -2.87. The summed E-state index contributed by atoms with van der Waals surface area (Å²) in [7, 11) is 3.39. The predicted octanol–water partition coefficient (Wildman–Crippen LogP) is 5.87. The second-order valence-electron chi connectivity index (χ2n) is 12.0. The Morgan fingerprint density at radius 2 is 1.90 bits per heavy atom. The summed E-state index contributed by atoms with van der Waals surface area (Å²) in [6.45, 7) is 1.60. The van der Waals surface area contributed by atoms with Gasteiger partial charge in [0.05, 0.1) is 42.8 Å². The highest BCUT2D eigenvalue weighted by Gasteiger charge is 2.45. The molecular weight excluding hydrogens is 627 g/mol. The molecule has 2 fully saturated rings. The Labute approximate surface area is 273 Å². The molecule has 1 unspecified atom stereocenters. The van der Waals surface area contributed by atoms with Crippen LogP contribution in [0.4, 0.5) is 36.1 Å². The third-order valence-corrected chi connectivity index (χ3v) is 8.55. The zero-order valence-corrected chi connectivity index (χ0v) is 26.4. The van der Waals surface area contributed by atoms with Gasteiger partial charge in [-0.3, -0.25) is 9.69 Å². The van der Waals surface area contributed by atoms with Crippen molar-refractivity contribution in [2.45, 2.75) is 31.7 Å². The summed E-state index contributed by atoms with van der Waals surface area (Å²) < 4.78 is 56.4. The number of hydrogen-bond donors (Lipinski definition) is 2. The van der Waals surface area contributed by atoms with E-state index in [0.29, 0.717) is 51.0 Å². The molecule has 1 amide bonds. The van der Waals surface area contributed by atoms with Gasteiger partial charge >= 0.3 is 0 Å². The van der Waals surface area contributed by atoms with Crippen LogP contribution in [0, 0.1) is 6.92 Å². The van der Waals surface area contributed by atoms with Crippen molar-refractivity contribution in [2.75, 3.05) is 49.3 Å². The maximum atomic E-state index is 15.1. The number of aryl methyl sites for hydroxylation is 1. The third kappa shape index (κ3) is 6.15. The van der Waals surface area contributed by atoms with E-state index in [0.717, 1.165) is 24.9 Å². The topological polar surface area (TPSA) is 122 Å². The molecule has 2 aliphatic heterocycles. The summed E-state index contributed by atoms with van der Waals surface area (Å²) in [5.41, 5.74) is 2.85. The van der Waals surface area contributed by atoms with E-state index >= 15 is 4.39 Å². The van der Waals surface area contributed by atoms with Crippen molar-refractivity contribution in [3.8, 4) is 17.2 Å². The zero-order valence-electron chi connectivity index (χ0n) is 26.4. The number of hydrogen-bond acceptors (Lipinski definition) is 10. The first kappa shape index (κ1) is 31.2. The monoisotopic (exact) mass is 659 g/mol. The Morgan fingerprint density at radius 3 is 2.65 bits per heavy atom. The number of amides is 1. The number of carbonyl (C=O) groups is 1. The van der Waals surface area contributed by atoms with E-state index in [-0.39, 0.29) is 11.7 Å². The van der Waals surface area contributed by atoms with Crippen LogP contribution in [0.25, 0.3) is 16.6 Å². The molecule has 248 valence electrons. The van der Waals surface area contributed by atoms with E-state index in [1.54, 1.807) is 41.0 Å². The average molecular weight is 660 g/mol. The number of pyridine rings is 1. The van der Waals surface area contributed by atoms with Crippen LogP contribution < -0.4 is 25.0 Å². The van der Waals surface area contributed by atoms with Gasteiger partial charge in [-0.15, -0.1) is 0 Å². The molecule has 12 nitrogen and oxygen atoms in total. The lowest BCUT2D eigenvalue weighted by Gasteiger charge is -2.41. The number of nitrogens with zero attached hydrogens (tertiary/aromatic N) is 7. The van der Waals surface area contributed by atoms with Crippen molar-refractivity contribution in [1.82, 2.24) is 29.5 Å². The number of methoxy groups -OCH3 is 1. The van der Waals surface area contributed by atoms with E-state index in [1.807, 2.05) is 24.9 Å². The number of ether oxygens (including phenoxy) is 2. The van der Waals surface area contributed by atoms with Crippen LogP contribution in [-0.4, -0.2) is 81.1 Å². The fraction of sp³-hybridized carbons (Fsp3) is 0.303. The van der Waals surface area contributed by atoms with Crippen LogP contribution >= 0.6 is 0 Å². The van der Waals surface area contributed by atoms with E-state index < -0.39 is 30.7 Å². The lowest BCUT2D eigenvalue weighted by atomic mass is 10.1. The number of alkyl halides is 2. The van der Waals surface area contributed by atoms with Crippen LogP contribution in [-0.2, 0) is 4.79 Å². The number of fused-ring (bicyclic) bond motifs is 2. The molecule has 2 aliphatic rings. The number of benzene rings is 2. The third-order valence-electron chi connectivity index (χ3n) is 8.55. The summed E-state index contributed by atoms with van der Waals surface area (Å²) >= 11 is 0. The normalized spacial score (nSPS) is 17.8. The van der Waals surface area contributed by atoms with Crippen LogP contribution in [0.5, 0.6) is 17.2 Å². The molecule has 15 heteroatoms. The second kappa shape index (κ2) is 12.3. The van der Waals surface area contributed by atoms with Gasteiger partial charge in [0.25, 0.3) is 11.8 Å². The molecule has 1 atom stereocenters. The van der Waals surface area contributed by atoms with Gasteiger partial charge in [0.2, 0.25) is 0 Å². The Morgan fingerprint density at radius 1 is 1.06 bits per heavy atom. The van der Waals surface area contributed by atoms with Crippen molar-refractivity contribution in [2.24, 2.45) is 0 Å². The van der Waals surface area contributed by atoms with Gasteiger partial charge in [-0.2, -0.15) is 5.10 Å². The van der Waals surface area contributed by atoms with E-state index in [1.165, 1.54) is 30.7 Å². The highest BCUT2D eigenvalue weighted by Crippen LogP contribution is 2.41. The SMILES string of the molecule is COc1cc(Oc2ccn3ncnc3c2)c(C)cc1Nc1ncnc2cc(N3CC(F)(F)C3)c(NC(=O)/C(F)=C/C3CCCN3C)cc12. The number of likely N-dealkylation sites (N-methyl/N-ethyl adjacent to an activating group) is 1. The molecule has 0 bridgehead atoms. The molecule has 0 spiro atoms. The first-order valence-corrected chi connectivity index (χ1v) is 15.3. The average Bonchev–Trinajstić information content (AvgIpc) is 3.69. The largest absolute Gasteiger partial charge is 0.494 e. The number of aromatic nitrogens is 5. The molecule has 5 heterocycles. The number of halogens is 3. The lowest BCUT2D eigenvalue weighted by Crippen LogP contribution is -2.56.